The first-order valence-electron chi connectivity index (χ1n) is 12.3. The van der Waals surface area contributed by atoms with Crippen molar-refractivity contribution in [3.63, 3.8) is 0 Å². The summed E-state index contributed by atoms with van der Waals surface area (Å²) >= 11 is 1.63. The van der Waals surface area contributed by atoms with Crippen LogP contribution in [-0.4, -0.2) is 52.9 Å². The summed E-state index contributed by atoms with van der Waals surface area (Å²) in [6.07, 6.45) is 3.84. The lowest BCUT2D eigenvalue weighted by molar-refractivity contribution is -0.125. The Hall–Kier alpha value is -1.86. The van der Waals surface area contributed by atoms with Gasteiger partial charge in [0.1, 0.15) is 0 Å². The van der Waals surface area contributed by atoms with Crippen molar-refractivity contribution in [2.24, 2.45) is 17.6 Å². The number of hydrogen-bond acceptors (Lipinski definition) is 5. The van der Waals surface area contributed by atoms with Gasteiger partial charge in [-0.15, -0.1) is 0 Å². The lowest BCUT2D eigenvalue weighted by atomic mass is 9.97. The number of benzene rings is 2. The third-order valence-corrected chi connectivity index (χ3v) is 6.77. The standard InChI is InChI=1S/C22H39N3O2S.C6H6/c1-6-17(4)21(23)22(27)24-19(14-18-10-8-7-9-11-18)20(26)15-25(28-5)13-12-16(2)3;1-2-4-6-5-3-1/h7-11,16-17,19-21,26H,6,12-15,23H2,1-5H3,(H,24,27);1-6H/t17?,19-,20+,21-;/m0./s1. The van der Waals surface area contributed by atoms with Gasteiger partial charge in [-0.25, -0.2) is 4.31 Å². The van der Waals surface area contributed by atoms with Crippen molar-refractivity contribution in [1.29, 1.82) is 0 Å². The second-order valence-corrected chi connectivity index (χ2v) is 10.1. The molecule has 2 aromatic rings. The van der Waals surface area contributed by atoms with Crippen molar-refractivity contribution < 1.29 is 9.90 Å². The minimum absolute atomic E-state index is 0.100. The molecule has 0 bridgehead atoms. The lowest BCUT2D eigenvalue weighted by Gasteiger charge is -2.30. The first-order chi connectivity index (χ1) is 16.3. The van der Waals surface area contributed by atoms with E-state index in [1.165, 1.54) is 0 Å². The number of aliphatic hydroxyl groups excluding tert-OH is 1. The summed E-state index contributed by atoms with van der Waals surface area (Å²) in [5.74, 6) is 0.524. The average molecular weight is 488 g/mol. The quantitative estimate of drug-likeness (QED) is 0.355. The van der Waals surface area contributed by atoms with Gasteiger partial charge in [0.05, 0.1) is 18.2 Å². The van der Waals surface area contributed by atoms with Crippen LogP contribution in [0.25, 0.3) is 0 Å². The zero-order valence-electron chi connectivity index (χ0n) is 21.6. The molecule has 0 aliphatic heterocycles. The summed E-state index contributed by atoms with van der Waals surface area (Å²) in [5.41, 5.74) is 7.20. The molecule has 0 aliphatic rings. The Labute approximate surface area is 211 Å². The number of nitrogens with zero attached hydrogens (tertiary/aromatic N) is 1. The molecule has 0 aliphatic carbocycles. The molecule has 4 N–H and O–H groups in total. The maximum absolute atomic E-state index is 12.7. The third-order valence-electron chi connectivity index (χ3n) is 5.92. The fraction of sp³-hybridized carbons (Fsp3) is 0.536. The first kappa shape index (κ1) is 30.2. The fourth-order valence-electron chi connectivity index (χ4n) is 3.32. The van der Waals surface area contributed by atoms with E-state index in [2.05, 4.69) is 23.5 Å². The van der Waals surface area contributed by atoms with E-state index in [0.29, 0.717) is 18.9 Å². The Balaban J connectivity index is 0.000000830. The Kier molecular flexibility index (Phi) is 15.6. The number of aliphatic hydroxyl groups is 1. The highest BCUT2D eigenvalue weighted by molar-refractivity contribution is 7.96. The molecule has 0 spiro atoms. The van der Waals surface area contributed by atoms with Crippen molar-refractivity contribution in [3.05, 3.63) is 72.3 Å². The second kappa shape index (κ2) is 17.6. The van der Waals surface area contributed by atoms with Gasteiger partial charge in [0.25, 0.3) is 0 Å². The van der Waals surface area contributed by atoms with Crippen molar-refractivity contribution >= 4 is 17.9 Å². The summed E-state index contributed by atoms with van der Waals surface area (Å²) in [5, 5.41) is 14.0. The van der Waals surface area contributed by atoms with Crippen LogP contribution in [0.15, 0.2) is 66.7 Å². The molecule has 0 saturated heterocycles. The third kappa shape index (κ3) is 12.6. The van der Waals surface area contributed by atoms with Gasteiger partial charge in [0.2, 0.25) is 5.91 Å². The fourth-order valence-corrected chi connectivity index (χ4v) is 3.91. The Bertz CT molecular complexity index is 734. The smallest absolute Gasteiger partial charge is 0.237 e. The van der Waals surface area contributed by atoms with E-state index in [1.54, 1.807) is 11.9 Å². The van der Waals surface area contributed by atoms with Crippen molar-refractivity contribution in [1.82, 2.24) is 9.62 Å². The monoisotopic (exact) mass is 487 g/mol. The largest absolute Gasteiger partial charge is 0.390 e. The predicted molar refractivity (Wildman–Crippen MR) is 146 cm³/mol. The zero-order chi connectivity index (χ0) is 25.3. The van der Waals surface area contributed by atoms with E-state index in [4.69, 9.17) is 5.73 Å². The number of nitrogens with two attached hydrogens (primary N) is 1. The van der Waals surface area contributed by atoms with Gasteiger partial charge in [-0.2, -0.15) is 0 Å². The van der Waals surface area contributed by atoms with Crippen LogP contribution in [0.3, 0.4) is 0 Å². The maximum Gasteiger partial charge on any atom is 0.237 e. The summed E-state index contributed by atoms with van der Waals surface area (Å²) in [4.78, 5) is 12.7. The summed E-state index contributed by atoms with van der Waals surface area (Å²) < 4.78 is 2.17. The van der Waals surface area contributed by atoms with Crippen LogP contribution in [0.4, 0.5) is 0 Å². The van der Waals surface area contributed by atoms with E-state index in [-0.39, 0.29) is 17.9 Å². The van der Waals surface area contributed by atoms with E-state index < -0.39 is 12.1 Å². The molecule has 1 unspecified atom stereocenters. The molecule has 0 radical (unpaired) electrons. The van der Waals surface area contributed by atoms with Crippen molar-refractivity contribution in [2.75, 3.05) is 19.3 Å². The van der Waals surface area contributed by atoms with Crippen LogP contribution in [0, 0.1) is 11.8 Å². The highest BCUT2D eigenvalue weighted by Gasteiger charge is 2.27. The van der Waals surface area contributed by atoms with Crippen LogP contribution in [0.1, 0.15) is 46.1 Å². The number of carbonyl (C=O) groups is 1. The number of amides is 1. The topological polar surface area (TPSA) is 78.6 Å². The number of hydrogen-bond donors (Lipinski definition) is 3. The molecule has 2 rings (SSSR count). The van der Waals surface area contributed by atoms with Gasteiger partial charge in [0, 0.05) is 13.1 Å². The predicted octanol–water partition coefficient (Wildman–Crippen LogP) is 4.76. The Morgan fingerprint density at radius 3 is 2.03 bits per heavy atom. The van der Waals surface area contributed by atoms with Crippen molar-refractivity contribution in [2.45, 2.75) is 65.1 Å². The van der Waals surface area contributed by atoms with Gasteiger partial charge in [-0.3, -0.25) is 4.79 Å². The molecule has 34 heavy (non-hydrogen) atoms. The number of carbonyl (C=O) groups excluding carboxylic acids is 1. The number of rotatable bonds is 13. The highest BCUT2D eigenvalue weighted by atomic mass is 32.2. The highest BCUT2D eigenvalue weighted by Crippen LogP contribution is 2.15. The first-order valence-corrected chi connectivity index (χ1v) is 13.5. The summed E-state index contributed by atoms with van der Waals surface area (Å²) in [6, 6.07) is 21.0. The van der Waals surface area contributed by atoms with Crippen LogP contribution in [0.5, 0.6) is 0 Å². The zero-order valence-corrected chi connectivity index (χ0v) is 22.4. The lowest BCUT2D eigenvalue weighted by Crippen LogP contribution is -2.54. The molecule has 4 atom stereocenters. The van der Waals surface area contributed by atoms with E-state index >= 15 is 0 Å². The van der Waals surface area contributed by atoms with E-state index in [9.17, 15) is 9.90 Å². The SMILES string of the molecule is CCC(C)[C@H](N)C(=O)N[C@@H](Cc1ccccc1)[C@H](O)CN(CCC(C)C)SC.c1ccccc1. The van der Waals surface area contributed by atoms with Gasteiger partial charge in [0.15, 0.2) is 0 Å². The molecular formula is C28H45N3O2S. The molecule has 190 valence electrons. The molecule has 6 heteroatoms. The minimum Gasteiger partial charge on any atom is -0.390 e. The molecule has 0 heterocycles. The van der Waals surface area contributed by atoms with Gasteiger partial charge in [-0.05, 0) is 36.5 Å². The van der Waals surface area contributed by atoms with E-state index in [1.807, 2.05) is 86.8 Å². The summed E-state index contributed by atoms with van der Waals surface area (Å²) in [7, 11) is 0. The van der Waals surface area contributed by atoms with Crippen LogP contribution < -0.4 is 11.1 Å². The van der Waals surface area contributed by atoms with Crippen LogP contribution >= 0.6 is 11.9 Å². The Morgan fingerprint density at radius 1 is 1.03 bits per heavy atom. The van der Waals surface area contributed by atoms with Crippen molar-refractivity contribution in [3.8, 4) is 0 Å². The van der Waals surface area contributed by atoms with Gasteiger partial charge in [-0.1, -0.05) is 113 Å². The average Bonchev–Trinajstić information content (AvgIpc) is 2.86. The minimum atomic E-state index is -0.673. The maximum atomic E-state index is 12.7. The summed E-state index contributed by atoms with van der Waals surface area (Å²) in [6.45, 7) is 9.82. The Morgan fingerprint density at radius 2 is 1.56 bits per heavy atom. The normalized spacial score (nSPS) is 14.6. The van der Waals surface area contributed by atoms with Gasteiger partial charge < -0.3 is 16.2 Å². The molecule has 0 fully saturated rings. The second-order valence-electron chi connectivity index (χ2n) is 9.19. The number of nitrogens with one attached hydrogen (secondary N) is 1. The van der Waals surface area contributed by atoms with E-state index in [0.717, 1.165) is 24.9 Å². The van der Waals surface area contributed by atoms with Crippen LogP contribution in [-0.2, 0) is 11.2 Å². The molecule has 2 aromatic carbocycles. The molecule has 5 nitrogen and oxygen atoms in total. The van der Waals surface area contributed by atoms with Crippen LogP contribution in [0.2, 0.25) is 0 Å². The molecule has 1 amide bonds. The van der Waals surface area contributed by atoms with Gasteiger partial charge >= 0.3 is 0 Å². The molecule has 0 saturated carbocycles. The molecular weight excluding hydrogens is 442 g/mol. The molecule has 0 aromatic heterocycles.